The quantitative estimate of drug-likeness (QED) is 0.721. The molecule has 3 N–H and O–H groups in total. The first-order valence-electron chi connectivity index (χ1n) is 6.90. The summed E-state index contributed by atoms with van der Waals surface area (Å²) < 4.78 is 0. The van der Waals surface area contributed by atoms with E-state index >= 15 is 0 Å². The highest BCUT2D eigenvalue weighted by Gasteiger charge is 2.16. The molecule has 0 heterocycles. The van der Waals surface area contributed by atoms with Gasteiger partial charge in [0.1, 0.15) is 0 Å². The fourth-order valence-corrected chi connectivity index (χ4v) is 2.26. The van der Waals surface area contributed by atoms with Gasteiger partial charge in [-0.05, 0) is 17.5 Å². The molecule has 1 atom stereocenters. The second-order valence-electron chi connectivity index (χ2n) is 4.88. The molecule has 3 heteroatoms. The van der Waals surface area contributed by atoms with Crippen LogP contribution in [-0.4, -0.2) is 29.5 Å². The molecule has 0 aromatic heterocycles. The van der Waals surface area contributed by atoms with Crippen molar-refractivity contribution < 1.29 is 10.2 Å². The normalized spacial score (nSPS) is 12.6. The van der Waals surface area contributed by atoms with Gasteiger partial charge < -0.3 is 15.5 Å². The van der Waals surface area contributed by atoms with E-state index in [1.54, 1.807) is 0 Å². The number of aliphatic hydroxyl groups excluding tert-OH is 2. The molecule has 0 bridgehead atoms. The number of hydrogen-bond donors (Lipinski definition) is 3. The highest BCUT2D eigenvalue weighted by Crippen LogP contribution is 2.19. The van der Waals surface area contributed by atoms with Crippen molar-refractivity contribution in [1.82, 2.24) is 5.32 Å². The fourth-order valence-electron chi connectivity index (χ4n) is 2.26. The monoisotopic (exact) mass is 271 g/mol. The molecule has 0 spiro atoms. The molecule has 0 fully saturated rings. The Kier molecular flexibility index (Phi) is 5.74. The van der Waals surface area contributed by atoms with Crippen molar-refractivity contribution in [3.05, 3.63) is 71.8 Å². The SMILES string of the molecule is OCC(CO)NC(Cc1ccccc1)c1ccccc1. The Morgan fingerprint density at radius 2 is 1.35 bits per heavy atom. The molecule has 0 aliphatic carbocycles. The molecule has 0 saturated carbocycles. The first-order chi connectivity index (χ1) is 9.83. The van der Waals surface area contributed by atoms with Gasteiger partial charge in [-0.15, -0.1) is 0 Å². The van der Waals surface area contributed by atoms with Crippen LogP contribution in [0, 0.1) is 0 Å². The molecule has 2 aromatic carbocycles. The van der Waals surface area contributed by atoms with Gasteiger partial charge in [-0.2, -0.15) is 0 Å². The maximum atomic E-state index is 9.27. The zero-order valence-electron chi connectivity index (χ0n) is 11.4. The molecule has 0 aliphatic rings. The molecule has 0 amide bonds. The van der Waals surface area contributed by atoms with E-state index in [1.165, 1.54) is 5.56 Å². The number of nitrogens with one attached hydrogen (secondary N) is 1. The Bertz CT molecular complexity index is 483. The molecule has 106 valence electrons. The van der Waals surface area contributed by atoms with Gasteiger partial charge in [0.25, 0.3) is 0 Å². The summed E-state index contributed by atoms with van der Waals surface area (Å²) in [6.45, 7) is -0.150. The number of benzene rings is 2. The van der Waals surface area contributed by atoms with Crippen molar-refractivity contribution in [3.8, 4) is 0 Å². The molecule has 0 saturated heterocycles. The van der Waals surface area contributed by atoms with Crippen LogP contribution in [0.5, 0.6) is 0 Å². The maximum absolute atomic E-state index is 9.27. The van der Waals surface area contributed by atoms with Crippen molar-refractivity contribution >= 4 is 0 Å². The van der Waals surface area contributed by atoms with Gasteiger partial charge in [0.05, 0.1) is 19.3 Å². The second kappa shape index (κ2) is 7.80. The van der Waals surface area contributed by atoms with Crippen molar-refractivity contribution in [2.24, 2.45) is 0 Å². The van der Waals surface area contributed by atoms with Crippen molar-refractivity contribution in [3.63, 3.8) is 0 Å². The summed E-state index contributed by atoms with van der Waals surface area (Å²) in [6, 6.07) is 20.1. The smallest absolute Gasteiger partial charge is 0.0607 e. The molecule has 0 aliphatic heterocycles. The molecule has 0 radical (unpaired) electrons. The molecule has 2 rings (SSSR count). The molecule has 20 heavy (non-hydrogen) atoms. The highest BCUT2D eigenvalue weighted by atomic mass is 16.3. The fraction of sp³-hybridized carbons (Fsp3) is 0.294. The lowest BCUT2D eigenvalue weighted by Gasteiger charge is -2.24. The Hall–Kier alpha value is -1.68. The molecule has 1 unspecified atom stereocenters. The average Bonchev–Trinajstić information content (AvgIpc) is 2.53. The minimum absolute atomic E-state index is 0.0721. The predicted molar refractivity (Wildman–Crippen MR) is 80.4 cm³/mol. The van der Waals surface area contributed by atoms with Crippen LogP contribution in [0.1, 0.15) is 17.2 Å². The van der Waals surface area contributed by atoms with Crippen molar-refractivity contribution in [2.45, 2.75) is 18.5 Å². The summed E-state index contributed by atoms with van der Waals surface area (Å²) >= 11 is 0. The van der Waals surface area contributed by atoms with E-state index in [9.17, 15) is 10.2 Å². The summed E-state index contributed by atoms with van der Waals surface area (Å²) in [5.41, 5.74) is 2.38. The van der Waals surface area contributed by atoms with E-state index < -0.39 is 0 Å². The van der Waals surface area contributed by atoms with E-state index in [0.29, 0.717) is 0 Å². The molecular weight excluding hydrogens is 250 g/mol. The first kappa shape index (κ1) is 14.7. The van der Waals surface area contributed by atoms with E-state index in [0.717, 1.165) is 12.0 Å². The van der Waals surface area contributed by atoms with E-state index in [-0.39, 0.29) is 25.3 Å². The zero-order chi connectivity index (χ0) is 14.2. The van der Waals surface area contributed by atoms with E-state index in [4.69, 9.17) is 0 Å². The molecular formula is C17H21NO2. The van der Waals surface area contributed by atoms with Crippen LogP contribution in [-0.2, 0) is 6.42 Å². The second-order valence-corrected chi connectivity index (χ2v) is 4.88. The van der Waals surface area contributed by atoms with Gasteiger partial charge >= 0.3 is 0 Å². The molecule has 3 nitrogen and oxygen atoms in total. The maximum Gasteiger partial charge on any atom is 0.0607 e. The van der Waals surface area contributed by atoms with Gasteiger partial charge in [0, 0.05) is 6.04 Å². The lowest BCUT2D eigenvalue weighted by Crippen LogP contribution is -2.39. The third kappa shape index (κ3) is 4.17. The molecule has 2 aromatic rings. The topological polar surface area (TPSA) is 52.5 Å². The van der Waals surface area contributed by atoms with Gasteiger partial charge in [-0.1, -0.05) is 60.7 Å². The summed E-state index contributed by atoms with van der Waals surface area (Å²) in [5.74, 6) is 0. The Morgan fingerprint density at radius 1 is 0.800 bits per heavy atom. The number of aliphatic hydroxyl groups is 2. The van der Waals surface area contributed by atoms with Gasteiger partial charge in [0.2, 0.25) is 0 Å². The van der Waals surface area contributed by atoms with E-state index in [2.05, 4.69) is 29.6 Å². The van der Waals surface area contributed by atoms with Crippen LogP contribution in [0.25, 0.3) is 0 Å². The van der Waals surface area contributed by atoms with Crippen LogP contribution < -0.4 is 5.32 Å². The minimum Gasteiger partial charge on any atom is -0.395 e. The summed E-state index contributed by atoms with van der Waals surface area (Å²) in [4.78, 5) is 0. The minimum atomic E-state index is -0.302. The van der Waals surface area contributed by atoms with Crippen LogP contribution in [0.15, 0.2) is 60.7 Å². The lowest BCUT2D eigenvalue weighted by atomic mass is 9.98. The Balaban J connectivity index is 2.16. The van der Waals surface area contributed by atoms with E-state index in [1.807, 2.05) is 36.4 Å². The first-order valence-corrected chi connectivity index (χ1v) is 6.90. The van der Waals surface area contributed by atoms with Crippen molar-refractivity contribution in [2.75, 3.05) is 13.2 Å². The van der Waals surface area contributed by atoms with Gasteiger partial charge in [-0.3, -0.25) is 0 Å². The van der Waals surface area contributed by atoms with Gasteiger partial charge in [-0.25, -0.2) is 0 Å². The van der Waals surface area contributed by atoms with Crippen LogP contribution in [0.2, 0.25) is 0 Å². The standard InChI is InChI=1S/C17H21NO2/c19-12-16(13-20)18-17(15-9-5-2-6-10-15)11-14-7-3-1-4-8-14/h1-10,16-20H,11-13H2. The number of rotatable bonds is 7. The number of hydrogen-bond acceptors (Lipinski definition) is 3. The van der Waals surface area contributed by atoms with Crippen LogP contribution in [0.4, 0.5) is 0 Å². The third-order valence-electron chi connectivity index (χ3n) is 3.36. The van der Waals surface area contributed by atoms with Gasteiger partial charge in [0.15, 0.2) is 0 Å². The lowest BCUT2D eigenvalue weighted by molar-refractivity contribution is 0.161. The average molecular weight is 271 g/mol. The highest BCUT2D eigenvalue weighted by molar-refractivity contribution is 5.23. The Labute approximate surface area is 119 Å². The van der Waals surface area contributed by atoms with Crippen molar-refractivity contribution in [1.29, 1.82) is 0 Å². The summed E-state index contributed by atoms with van der Waals surface area (Å²) in [7, 11) is 0. The Morgan fingerprint density at radius 3 is 1.90 bits per heavy atom. The predicted octanol–water partition coefficient (Wildman–Crippen LogP) is 1.91. The third-order valence-corrected chi connectivity index (χ3v) is 3.36. The van der Waals surface area contributed by atoms with Crippen LogP contribution >= 0.6 is 0 Å². The zero-order valence-corrected chi connectivity index (χ0v) is 11.4. The summed E-state index contributed by atoms with van der Waals surface area (Å²) in [5, 5.41) is 21.8. The largest absolute Gasteiger partial charge is 0.395 e. The summed E-state index contributed by atoms with van der Waals surface area (Å²) in [6.07, 6.45) is 0.821. The van der Waals surface area contributed by atoms with Crippen LogP contribution in [0.3, 0.4) is 0 Å².